The number of aromatic nitrogens is 4. The smallest absolute Gasteiger partial charge is 0.319 e. The van der Waals surface area contributed by atoms with Crippen molar-refractivity contribution in [2.45, 2.75) is 13.5 Å². The maximum Gasteiger partial charge on any atom is 0.319 e. The van der Waals surface area contributed by atoms with Crippen molar-refractivity contribution in [2.24, 2.45) is 0 Å². The minimum Gasteiger partial charge on any atom is -0.487 e. The van der Waals surface area contributed by atoms with Gasteiger partial charge < -0.3 is 30.2 Å². The molecule has 4 amide bonds. The molecule has 0 unspecified atom stereocenters. The molecule has 260 valence electrons. The largest absolute Gasteiger partial charge is 0.487 e. The lowest BCUT2D eigenvalue weighted by molar-refractivity contribution is -0.117. The van der Waals surface area contributed by atoms with Gasteiger partial charge in [-0.1, -0.05) is 35.3 Å². The van der Waals surface area contributed by atoms with E-state index in [0.717, 1.165) is 16.8 Å². The van der Waals surface area contributed by atoms with Gasteiger partial charge in [-0.15, -0.1) is 12.4 Å². The zero-order valence-electron chi connectivity index (χ0n) is 27.3. The van der Waals surface area contributed by atoms with E-state index in [4.69, 9.17) is 32.9 Å². The summed E-state index contributed by atoms with van der Waals surface area (Å²) in [5.41, 5.74) is 4.69. The molecule has 6 rings (SSSR count). The molecule has 51 heavy (non-hydrogen) atoms. The Hall–Kier alpha value is -5.69. The van der Waals surface area contributed by atoms with Gasteiger partial charge in [0.2, 0.25) is 5.91 Å². The van der Waals surface area contributed by atoms with E-state index in [9.17, 15) is 14.4 Å². The lowest BCUT2D eigenvalue weighted by Crippen LogP contribution is -2.40. The molecule has 0 aliphatic carbocycles. The van der Waals surface area contributed by atoms with Crippen LogP contribution < -0.4 is 25.6 Å². The number of ether oxygens (including phenoxy) is 1. The molecule has 12 nitrogen and oxygen atoms in total. The fraction of sp³-hybridized carbons (Fsp3) is 0.111. The number of aryl methyl sites for hydroxylation is 1. The van der Waals surface area contributed by atoms with Crippen LogP contribution in [0.5, 0.6) is 5.75 Å². The number of rotatable bonds is 10. The summed E-state index contributed by atoms with van der Waals surface area (Å²) >= 11 is 13.3. The van der Waals surface area contributed by atoms with Crippen molar-refractivity contribution >= 4 is 81.4 Å². The van der Waals surface area contributed by atoms with Crippen molar-refractivity contribution in [3.8, 4) is 11.4 Å². The number of amides is 4. The van der Waals surface area contributed by atoms with Crippen LogP contribution in [0.3, 0.4) is 0 Å². The fourth-order valence-corrected chi connectivity index (χ4v) is 5.72. The van der Waals surface area contributed by atoms with Gasteiger partial charge in [0.25, 0.3) is 5.91 Å². The van der Waals surface area contributed by atoms with Crippen LogP contribution in [-0.4, -0.2) is 51.0 Å². The average molecular weight is 746 g/mol. The molecule has 0 saturated carbocycles. The molecule has 15 heteroatoms. The Bertz CT molecular complexity index is 2180. The summed E-state index contributed by atoms with van der Waals surface area (Å²) in [5, 5.41) is 9.43. The van der Waals surface area contributed by atoms with E-state index in [1.165, 1.54) is 4.90 Å². The molecule has 6 aromatic rings. The first-order valence-corrected chi connectivity index (χ1v) is 16.0. The molecule has 3 N–H and O–H groups in total. The van der Waals surface area contributed by atoms with Crippen LogP contribution >= 0.6 is 35.6 Å². The van der Waals surface area contributed by atoms with Crippen LogP contribution in [-0.2, 0) is 11.4 Å². The first kappa shape index (κ1) is 36.6. The standard InChI is InChI=1S/C36H30Cl2N8O4.ClH/c1-22-18-30(46-17-16-40-21-46)26-4-3-5-31(34(26)42-22)50-20-27-28(37)10-11-29(33(27)38)45(2)32(47)19-41-36(49)44-24-8-6-23(7-9-24)35(48)43-25-12-14-39-15-13-25;/h3-18,21H,19-20H2,1-2H3,(H,39,43,48)(H2,41,44,49);1H. The second kappa shape index (κ2) is 16.3. The average Bonchev–Trinajstić information content (AvgIpc) is 3.66. The van der Waals surface area contributed by atoms with E-state index in [0.29, 0.717) is 44.5 Å². The Kier molecular flexibility index (Phi) is 11.7. The third-order valence-electron chi connectivity index (χ3n) is 7.71. The number of anilines is 3. The quantitative estimate of drug-likeness (QED) is 0.132. The molecular formula is C36H31Cl3N8O4. The first-order valence-electron chi connectivity index (χ1n) is 15.3. The number of hydrogen-bond acceptors (Lipinski definition) is 7. The van der Waals surface area contributed by atoms with Crippen LogP contribution in [0, 0.1) is 6.92 Å². The van der Waals surface area contributed by atoms with E-state index in [-0.39, 0.29) is 36.5 Å². The van der Waals surface area contributed by atoms with Gasteiger partial charge in [-0.05, 0) is 67.6 Å². The van der Waals surface area contributed by atoms with Crippen LogP contribution in [0.25, 0.3) is 16.6 Å². The molecule has 0 spiro atoms. The molecule has 3 heterocycles. The summed E-state index contributed by atoms with van der Waals surface area (Å²) in [4.78, 5) is 52.3. The number of carbonyl (C=O) groups excluding carboxylic acids is 3. The summed E-state index contributed by atoms with van der Waals surface area (Å²) < 4.78 is 8.13. The number of imidazole rings is 1. The third kappa shape index (κ3) is 8.55. The maximum absolute atomic E-state index is 13.1. The first-order chi connectivity index (χ1) is 24.2. The number of para-hydroxylation sites is 1. The van der Waals surface area contributed by atoms with Gasteiger partial charge in [-0.2, -0.15) is 0 Å². The molecular weight excluding hydrogens is 715 g/mol. The second-order valence-electron chi connectivity index (χ2n) is 11.1. The topological polar surface area (TPSA) is 143 Å². The number of nitrogens with one attached hydrogen (secondary N) is 3. The van der Waals surface area contributed by atoms with Gasteiger partial charge in [-0.3, -0.25) is 14.6 Å². The van der Waals surface area contributed by atoms with Crippen molar-refractivity contribution in [2.75, 3.05) is 29.1 Å². The number of hydrogen-bond donors (Lipinski definition) is 3. The minimum atomic E-state index is -0.604. The van der Waals surface area contributed by atoms with Gasteiger partial charge >= 0.3 is 6.03 Å². The molecule has 0 radical (unpaired) electrons. The van der Waals surface area contributed by atoms with Crippen molar-refractivity contribution in [1.82, 2.24) is 24.8 Å². The minimum absolute atomic E-state index is 0. The Labute approximate surface area is 309 Å². The molecule has 3 aromatic carbocycles. The van der Waals surface area contributed by atoms with Crippen molar-refractivity contribution in [1.29, 1.82) is 0 Å². The molecule has 0 atom stereocenters. The number of likely N-dealkylation sites (N-methyl/N-ethyl adjacent to an activating group) is 1. The maximum atomic E-state index is 13.1. The highest BCUT2D eigenvalue weighted by Gasteiger charge is 2.20. The summed E-state index contributed by atoms with van der Waals surface area (Å²) in [7, 11) is 1.55. The zero-order chi connectivity index (χ0) is 35.2. The molecule has 0 aliphatic heterocycles. The fourth-order valence-electron chi connectivity index (χ4n) is 5.11. The predicted octanol–water partition coefficient (Wildman–Crippen LogP) is 7.47. The van der Waals surface area contributed by atoms with Crippen LogP contribution in [0.2, 0.25) is 10.0 Å². The number of benzene rings is 3. The Balaban J connectivity index is 0.00000504. The number of halogens is 3. The SMILES string of the molecule is Cc1cc(-n2ccnc2)c2cccc(OCc3c(Cl)ccc(N(C)C(=O)CNC(=O)Nc4ccc(C(=O)Nc5ccncc5)cc4)c3Cl)c2n1.Cl. The molecule has 0 fully saturated rings. The summed E-state index contributed by atoms with van der Waals surface area (Å²) in [5.74, 6) is -0.204. The van der Waals surface area contributed by atoms with Gasteiger partial charge in [0, 0.05) is 70.4 Å². The number of nitrogens with zero attached hydrogens (tertiary/aromatic N) is 5. The highest BCUT2D eigenvalue weighted by Crippen LogP contribution is 2.36. The number of pyridine rings is 2. The molecule has 3 aromatic heterocycles. The normalized spacial score (nSPS) is 10.6. The lowest BCUT2D eigenvalue weighted by atomic mass is 10.1. The van der Waals surface area contributed by atoms with E-state index < -0.39 is 11.9 Å². The zero-order valence-corrected chi connectivity index (χ0v) is 29.6. The van der Waals surface area contributed by atoms with E-state index >= 15 is 0 Å². The van der Waals surface area contributed by atoms with E-state index in [1.54, 1.807) is 80.5 Å². The molecule has 0 aliphatic rings. The van der Waals surface area contributed by atoms with Gasteiger partial charge in [0.1, 0.15) is 17.9 Å². The summed E-state index contributed by atoms with van der Waals surface area (Å²) in [6, 6.07) is 20.0. The summed E-state index contributed by atoms with van der Waals surface area (Å²) in [6.07, 6.45) is 8.44. The number of urea groups is 1. The number of carbonyl (C=O) groups is 3. The molecule has 0 saturated heterocycles. The predicted molar refractivity (Wildman–Crippen MR) is 201 cm³/mol. The Morgan fingerprint density at radius 2 is 1.65 bits per heavy atom. The highest BCUT2D eigenvalue weighted by molar-refractivity contribution is 6.38. The van der Waals surface area contributed by atoms with Gasteiger partial charge in [0.15, 0.2) is 0 Å². The van der Waals surface area contributed by atoms with E-state index in [1.807, 2.05) is 42.0 Å². The monoisotopic (exact) mass is 744 g/mol. The highest BCUT2D eigenvalue weighted by atomic mass is 35.5. The number of fused-ring (bicyclic) bond motifs is 1. The van der Waals surface area contributed by atoms with Gasteiger partial charge in [-0.25, -0.2) is 14.8 Å². The van der Waals surface area contributed by atoms with Gasteiger partial charge in [0.05, 0.1) is 29.3 Å². The van der Waals surface area contributed by atoms with E-state index in [2.05, 4.69) is 25.9 Å². The van der Waals surface area contributed by atoms with Crippen molar-refractivity contribution in [3.05, 3.63) is 131 Å². The third-order valence-corrected chi connectivity index (χ3v) is 8.48. The van der Waals surface area contributed by atoms with Crippen LogP contribution in [0.4, 0.5) is 21.9 Å². The Morgan fingerprint density at radius 3 is 2.37 bits per heavy atom. The van der Waals surface area contributed by atoms with Crippen LogP contribution in [0.1, 0.15) is 21.6 Å². The lowest BCUT2D eigenvalue weighted by Gasteiger charge is -2.21. The molecule has 0 bridgehead atoms. The summed E-state index contributed by atoms with van der Waals surface area (Å²) in [6.45, 7) is 1.59. The van der Waals surface area contributed by atoms with Crippen molar-refractivity contribution in [3.63, 3.8) is 0 Å². The van der Waals surface area contributed by atoms with Crippen LogP contribution in [0.15, 0.2) is 104 Å². The second-order valence-corrected chi connectivity index (χ2v) is 11.9. The van der Waals surface area contributed by atoms with Crippen molar-refractivity contribution < 1.29 is 19.1 Å². The Morgan fingerprint density at radius 1 is 0.902 bits per heavy atom.